The summed E-state index contributed by atoms with van der Waals surface area (Å²) in [5.41, 5.74) is 1.82. The van der Waals surface area contributed by atoms with Crippen LogP contribution in [0.2, 0.25) is 0 Å². The van der Waals surface area contributed by atoms with Gasteiger partial charge in [-0.2, -0.15) is 16.8 Å². The Morgan fingerprint density at radius 3 is 1.47 bits per heavy atom. The lowest BCUT2D eigenvalue weighted by Gasteiger charge is -2.13. The number of carbonyl (C=O) groups is 1. The van der Waals surface area contributed by atoms with Crippen LogP contribution in [0.25, 0.3) is 0 Å². The Morgan fingerprint density at radius 2 is 1.13 bits per heavy atom. The number of anilines is 2. The van der Waals surface area contributed by atoms with E-state index in [1.165, 1.54) is 26.0 Å². The van der Waals surface area contributed by atoms with E-state index >= 15 is 0 Å². The molecule has 2 aromatic carbocycles. The molecule has 0 bridgehead atoms. The van der Waals surface area contributed by atoms with Gasteiger partial charge in [0.15, 0.2) is 0 Å². The van der Waals surface area contributed by atoms with E-state index in [0.717, 1.165) is 0 Å². The number of amides is 2. The summed E-state index contributed by atoms with van der Waals surface area (Å²) in [5, 5.41) is 5.14. The third kappa shape index (κ3) is 6.63. The Balaban J connectivity index is 2.15. The monoisotopic (exact) mass is 456 g/mol. The van der Waals surface area contributed by atoms with Gasteiger partial charge in [0.1, 0.15) is 11.5 Å². The quantitative estimate of drug-likeness (QED) is 0.583. The van der Waals surface area contributed by atoms with E-state index < -0.39 is 26.3 Å². The van der Waals surface area contributed by atoms with Crippen molar-refractivity contribution in [1.29, 1.82) is 0 Å². The van der Waals surface area contributed by atoms with E-state index in [2.05, 4.69) is 10.6 Å². The fourth-order valence-electron chi connectivity index (χ4n) is 2.22. The SMILES string of the molecule is CCS(=O)(=O)Oc1cc(NC(=O)Nc2ccc(C)c(OS(=O)(=O)CC)c2)ccc1C. The van der Waals surface area contributed by atoms with Crippen LogP contribution in [0.5, 0.6) is 11.5 Å². The van der Waals surface area contributed by atoms with Gasteiger partial charge >= 0.3 is 26.3 Å². The highest BCUT2D eigenvalue weighted by Crippen LogP contribution is 2.26. The van der Waals surface area contributed by atoms with Crippen LogP contribution in [0.1, 0.15) is 25.0 Å². The summed E-state index contributed by atoms with van der Waals surface area (Å²) in [4.78, 5) is 12.3. The van der Waals surface area contributed by atoms with Crippen LogP contribution in [-0.2, 0) is 20.2 Å². The van der Waals surface area contributed by atoms with Gasteiger partial charge in [0, 0.05) is 23.5 Å². The number of urea groups is 1. The molecule has 0 aliphatic heterocycles. The molecule has 2 N–H and O–H groups in total. The number of rotatable bonds is 8. The molecule has 0 saturated heterocycles. The molecule has 0 heterocycles. The normalized spacial score (nSPS) is 11.6. The van der Waals surface area contributed by atoms with Crippen molar-refractivity contribution in [3.63, 3.8) is 0 Å². The first-order valence-corrected chi connectivity index (χ1v) is 12.2. The third-order valence-electron chi connectivity index (χ3n) is 4.03. The lowest BCUT2D eigenvalue weighted by atomic mass is 10.2. The van der Waals surface area contributed by atoms with Gasteiger partial charge in [-0.3, -0.25) is 0 Å². The molecule has 30 heavy (non-hydrogen) atoms. The molecule has 2 rings (SSSR count). The first kappa shape index (κ1) is 23.5. The van der Waals surface area contributed by atoms with Crippen molar-refractivity contribution in [1.82, 2.24) is 0 Å². The zero-order valence-corrected chi connectivity index (χ0v) is 18.7. The maximum Gasteiger partial charge on any atom is 0.323 e. The van der Waals surface area contributed by atoms with E-state index in [9.17, 15) is 21.6 Å². The molecule has 9 nitrogen and oxygen atoms in total. The predicted molar refractivity (Wildman–Crippen MR) is 115 cm³/mol. The summed E-state index contributed by atoms with van der Waals surface area (Å²) in [7, 11) is -7.41. The molecular formula is C19H24N2O7S2. The van der Waals surface area contributed by atoms with Gasteiger partial charge in [-0.15, -0.1) is 0 Å². The largest absolute Gasteiger partial charge is 0.382 e. The van der Waals surface area contributed by atoms with Crippen molar-refractivity contribution < 1.29 is 30.0 Å². The molecular weight excluding hydrogens is 432 g/mol. The highest BCUT2D eigenvalue weighted by Gasteiger charge is 2.15. The van der Waals surface area contributed by atoms with Crippen LogP contribution < -0.4 is 19.0 Å². The fourth-order valence-corrected chi connectivity index (χ4v) is 3.36. The first-order chi connectivity index (χ1) is 13.9. The van der Waals surface area contributed by atoms with E-state index in [4.69, 9.17) is 8.37 Å². The molecule has 0 radical (unpaired) electrons. The van der Waals surface area contributed by atoms with Crippen molar-refractivity contribution in [3.05, 3.63) is 47.5 Å². The van der Waals surface area contributed by atoms with E-state index in [1.54, 1.807) is 38.1 Å². The van der Waals surface area contributed by atoms with Crippen molar-refractivity contribution in [3.8, 4) is 11.5 Å². The lowest BCUT2D eigenvalue weighted by molar-refractivity contribution is 0.262. The zero-order valence-electron chi connectivity index (χ0n) is 17.1. The van der Waals surface area contributed by atoms with Crippen molar-refractivity contribution in [2.75, 3.05) is 22.1 Å². The summed E-state index contributed by atoms with van der Waals surface area (Å²) in [5.74, 6) is -0.136. The van der Waals surface area contributed by atoms with Crippen LogP contribution in [0.15, 0.2) is 36.4 Å². The van der Waals surface area contributed by atoms with Gasteiger partial charge in [0.25, 0.3) is 0 Å². The van der Waals surface area contributed by atoms with Crippen LogP contribution in [0, 0.1) is 13.8 Å². The minimum absolute atomic E-state index is 0.116. The molecule has 2 amide bonds. The summed E-state index contributed by atoms with van der Waals surface area (Å²) < 4.78 is 56.9. The van der Waals surface area contributed by atoms with E-state index in [-0.39, 0.29) is 23.0 Å². The third-order valence-corrected chi connectivity index (χ3v) is 6.31. The van der Waals surface area contributed by atoms with Crippen LogP contribution in [0.4, 0.5) is 16.2 Å². The van der Waals surface area contributed by atoms with Crippen molar-refractivity contribution in [2.45, 2.75) is 27.7 Å². The van der Waals surface area contributed by atoms with Crippen LogP contribution >= 0.6 is 0 Å². The number of hydrogen-bond acceptors (Lipinski definition) is 7. The van der Waals surface area contributed by atoms with E-state index in [1.807, 2.05) is 0 Å². The van der Waals surface area contributed by atoms with Gasteiger partial charge in [-0.05, 0) is 51.0 Å². The molecule has 11 heteroatoms. The standard InChI is InChI=1S/C19H24N2O7S2/c1-5-29(23,24)27-17-11-15(9-7-13(17)3)20-19(22)21-16-10-8-14(4)18(12-16)28-30(25,26)6-2/h7-12H,5-6H2,1-4H3,(H2,20,21,22). The summed E-state index contributed by atoms with van der Waals surface area (Å²) >= 11 is 0. The summed E-state index contributed by atoms with van der Waals surface area (Å²) in [6, 6.07) is 8.61. The zero-order chi connectivity index (χ0) is 22.5. The average molecular weight is 457 g/mol. The summed E-state index contributed by atoms with van der Waals surface area (Å²) in [6.07, 6.45) is 0. The molecule has 0 aliphatic carbocycles. The Bertz CT molecular complexity index is 1050. The minimum atomic E-state index is -3.71. The highest BCUT2D eigenvalue weighted by molar-refractivity contribution is 7.87. The molecule has 0 saturated carbocycles. The second-order valence-corrected chi connectivity index (χ2v) is 10.1. The van der Waals surface area contributed by atoms with E-state index in [0.29, 0.717) is 22.5 Å². The Hall–Kier alpha value is -2.79. The molecule has 0 aromatic heterocycles. The maximum absolute atomic E-state index is 12.3. The summed E-state index contributed by atoms with van der Waals surface area (Å²) in [6.45, 7) is 6.29. The number of aryl methyl sites for hydroxylation is 2. The van der Waals surface area contributed by atoms with Gasteiger partial charge in [0.2, 0.25) is 0 Å². The maximum atomic E-state index is 12.3. The second-order valence-electron chi connectivity index (χ2n) is 6.40. The highest BCUT2D eigenvalue weighted by atomic mass is 32.2. The van der Waals surface area contributed by atoms with Crippen LogP contribution in [-0.4, -0.2) is 34.4 Å². The van der Waals surface area contributed by atoms with Crippen LogP contribution in [0.3, 0.4) is 0 Å². The first-order valence-electron chi connectivity index (χ1n) is 9.08. The topological polar surface area (TPSA) is 128 Å². The number of nitrogens with one attached hydrogen (secondary N) is 2. The number of benzene rings is 2. The van der Waals surface area contributed by atoms with Gasteiger partial charge in [0.05, 0.1) is 11.5 Å². The van der Waals surface area contributed by atoms with Crippen molar-refractivity contribution in [2.24, 2.45) is 0 Å². The molecule has 0 unspecified atom stereocenters. The van der Waals surface area contributed by atoms with Gasteiger partial charge in [-0.1, -0.05) is 12.1 Å². The molecule has 0 fully saturated rings. The smallest absolute Gasteiger partial charge is 0.323 e. The Morgan fingerprint density at radius 1 is 0.767 bits per heavy atom. The average Bonchev–Trinajstić information content (AvgIpc) is 2.66. The lowest BCUT2D eigenvalue weighted by Crippen LogP contribution is -2.20. The van der Waals surface area contributed by atoms with Gasteiger partial charge in [-0.25, -0.2) is 4.79 Å². The molecule has 164 valence electrons. The minimum Gasteiger partial charge on any atom is -0.382 e. The molecule has 0 aliphatic rings. The Labute approximate surface area is 176 Å². The van der Waals surface area contributed by atoms with Crippen molar-refractivity contribution >= 4 is 37.6 Å². The Kier molecular flexibility index (Phi) is 7.32. The second kappa shape index (κ2) is 9.35. The molecule has 0 atom stereocenters. The molecule has 2 aromatic rings. The predicted octanol–water partition coefficient (Wildman–Crippen LogP) is 3.40. The van der Waals surface area contributed by atoms with Gasteiger partial charge < -0.3 is 19.0 Å². The number of carbonyl (C=O) groups excluding carboxylic acids is 1. The fraction of sp³-hybridized carbons (Fsp3) is 0.316. The number of hydrogen-bond donors (Lipinski definition) is 2. The molecule has 0 spiro atoms.